The lowest BCUT2D eigenvalue weighted by molar-refractivity contribution is -0.139. The second kappa shape index (κ2) is 6.74. The van der Waals surface area contributed by atoms with E-state index in [-0.39, 0.29) is 12.4 Å². The van der Waals surface area contributed by atoms with Crippen LogP contribution in [0.5, 0.6) is 11.5 Å². The van der Waals surface area contributed by atoms with Crippen molar-refractivity contribution in [2.45, 2.75) is 5.92 Å². The largest absolute Gasteiger partial charge is 0.497 e. The van der Waals surface area contributed by atoms with Crippen LogP contribution in [-0.2, 0) is 4.79 Å². The van der Waals surface area contributed by atoms with Crippen molar-refractivity contribution in [2.24, 2.45) is 0 Å². The first-order valence-corrected chi connectivity index (χ1v) is 6.36. The molecule has 2 aromatic carbocycles. The zero-order valence-electron chi connectivity index (χ0n) is 11.5. The highest BCUT2D eigenvalue weighted by molar-refractivity contribution is 5.76. The Kier molecular flexibility index (Phi) is 4.77. The number of hydrogen-bond donors (Lipinski definition) is 1. The first kappa shape index (κ1) is 14.8. The Bertz CT molecular complexity index is 627. The number of carboxylic acids is 1. The van der Waals surface area contributed by atoms with E-state index in [1.54, 1.807) is 36.4 Å². The Morgan fingerprint density at radius 1 is 1.24 bits per heavy atom. The Morgan fingerprint density at radius 3 is 2.67 bits per heavy atom. The number of halogens is 1. The molecule has 0 bridgehead atoms. The second-order valence-corrected chi connectivity index (χ2v) is 4.41. The van der Waals surface area contributed by atoms with Crippen molar-refractivity contribution in [3.63, 3.8) is 0 Å². The fourth-order valence-corrected chi connectivity index (χ4v) is 1.90. The van der Waals surface area contributed by atoms with Gasteiger partial charge in [0.2, 0.25) is 0 Å². The van der Waals surface area contributed by atoms with Crippen molar-refractivity contribution in [3.8, 4) is 11.5 Å². The molecule has 21 heavy (non-hydrogen) atoms. The number of hydrogen-bond acceptors (Lipinski definition) is 3. The molecular formula is C16H15FO4. The van der Waals surface area contributed by atoms with Crippen LogP contribution in [0.3, 0.4) is 0 Å². The lowest BCUT2D eigenvalue weighted by atomic mass is 10.00. The number of ether oxygens (including phenoxy) is 2. The van der Waals surface area contributed by atoms with Gasteiger partial charge in [0, 0.05) is 0 Å². The molecule has 0 heterocycles. The van der Waals surface area contributed by atoms with Crippen LogP contribution in [0.1, 0.15) is 11.5 Å². The van der Waals surface area contributed by atoms with Crippen LogP contribution in [0.4, 0.5) is 4.39 Å². The molecule has 0 radical (unpaired) electrons. The van der Waals surface area contributed by atoms with Crippen LogP contribution in [0.25, 0.3) is 0 Å². The van der Waals surface area contributed by atoms with Gasteiger partial charge < -0.3 is 14.6 Å². The molecule has 2 aromatic rings. The van der Waals surface area contributed by atoms with Gasteiger partial charge in [-0.1, -0.05) is 24.3 Å². The normalized spacial score (nSPS) is 11.7. The molecule has 0 spiro atoms. The average Bonchev–Trinajstić information content (AvgIpc) is 2.49. The molecule has 0 saturated heterocycles. The molecule has 0 aliphatic rings. The standard InChI is InChI=1S/C16H15FO4/c1-20-12-6-4-5-11(9-12)13(16(18)19)10-21-15-8-3-2-7-14(15)17/h2-9,13H,10H2,1H3,(H,18,19). The second-order valence-electron chi connectivity index (χ2n) is 4.41. The zero-order chi connectivity index (χ0) is 15.2. The maximum Gasteiger partial charge on any atom is 0.314 e. The van der Waals surface area contributed by atoms with E-state index in [0.717, 1.165) is 0 Å². The SMILES string of the molecule is COc1cccc(C(COc2ccccc2F)C(=O)O)c1. The van der Waals surface area contributed by atoms with Gasteiger partial charge in [-0.3, -0.25) is 4.79 Å². The summed E-state index contributed by atoms with van der Waals surface area (Å²) in [6, 6.07) is 12.6. The van der Waals surface area contributed by atoms with Crippen LogP contribution in [0, 0.1) is 5.82 Å². The fraction of sp³-hybridized carbons (Fsp3) is 0.188. The van der Waals surface area contributed by atoms with Crippen molar-refractivity contribution in [1.82, 2.24) is 0 Å². The molecule has 0 saturated carbocycles. The molecule has 5 heteroatoms. The Hall–Kier alpha value is -2.56. The lowest BCUT2D eigenvalue weighted by Crippen LogP contribution is -2.19. The maximum absolute atomic E-state index is 13.5. The van der Waals surface area contributed by atoms with Gasteiger partial charge in [-0.05, 0) is 29.8 Å². The van der Waals surface area contributed by atoms with Crippen LogP contribution >= 0.6 is 0 Å². The van der Waals surface area contributed by atoms with E-state index in [2.05, 4.69) is 0 Å². The molecule has 0 aliphatic heterocycles. The summed E-state index contributed by atoms with van der Waals surface area (Å²) in [7, 11) is 1.50. The summed E-state index contributed by atoms with van der Waals surface area (Å²) in [6.07, 6.45) is 0. The number of para-hydroxylation sites is 1. The van der Waals surface area contributed by atoms with Crippen LogP contribution < -0.4 is 9.47 Å². The first-order valence-electron chi connectivity index (χ1n) is 6.36. The average molecular weight is 290 g/mol. The summed E-state index contributed by atoms with van der Waals surface area (Å²) >= 11 is 0. The highest BCUT2D eigenvalue weighted by Gasteiger charge is 2.21. The highest BCUT2D eigenvalue weighted by atomic mass is 19.1. The molecule has 0 fully saturated rings. The summed E-state index contributed by atoms with van der Waals surface area (Å²) in [5.41, 5.74) is 0.540. The highest BCUT2D eigenvalue weighted by Crippen LogP contribution is 2.23. The van der Waals surface area contributed by atoms with Gasteiger partial charge >= 0.3 is 5.97 Å². The van der Waals surface area contributed by atoms with Crippen molar-refractivity contribution in [3.05, 3.63) is 59.9 Å². The van der Waals surface area contributed by atoms with Crippen LogP contribution in [0.2, 0.25) is 0 Å². The van der Waals surface area contributed by atoms with Gasteiger partial charge in [-0.15, -0.1) is 0 Å². The quantitative estimate of drug-likeness (QED) is 0.888. The summed E-state index contributed by atoms with van der Waals surface area (Å²) < 4.78 is 23.8. The predicted octanol–water partition coefficient (Wildman–Crippen LogP) is 3.08. The van der Waals surface area contributed by atoms with E-state index in [9.17, 15) is 14.3 Å². The van der Waals surface area contributed by atoms with Gasteiger partial charge in [0.15, 0.2) is 11.6 Å². The van der Waals surface area contributed by atoms with Crippen molar-refractivity contribution < 1.29 is 23.8 Å². The van der Waals surface area contributed by atoms with Gasteiger partial charge in [-0.2, -0.15) is 0 Å². The summed E-state index contributed by atoms with van der Waals surface area (Å²) in [6.45, 7) is -0.163. The molecule has 0 aromatic heterocycles. The third-order valence-corrected chi connectivity index (χ3v) is 3.04. The molecule has 1 unspecified atom stereocenters. The van der Waals surface area contributed by atoms with Crippen molar-refractivity contribution >= 4 is 5.97 Å². The summed E-state index contributed by atoms with van der Waals surface area (Å²) in [4.78, 5) is 11.4. The van der Waals surface area contributed by atoms with Gasteiger partial charge in [0.25, 0.3) is 0 Å². The Labute approximate surface area is 121 Å². The van der Waals surface area contributed by atoms with E-state index >= 15 is 0 Å². The molecule has 2 rings (SSSR count). The minimum Gasteiger partial charge on any atom is -0.497 e. The lowest BCUT2D eigenvalue weighted by Gasteiger charge is -2.15. The number of carbonyl (C=O) groups is 1. The van der Waals surface area contributed by atoms with Crippen molar-refractivity contribution in [2.75, 3.05) is 13.7 Å². The molecule has 0 aliphatic carbocycles. The maximum atomic E-state index is 13.5. The smallest absolute Gasteiger partial charge is 0.314 e. The minimum absolute atomic E-state index is 0.0339. The minimum atomic E-state index is -1.04. The number of methoxy groups -OCH3 is 1. The molecule has 0 amide bonds. The molecule has 4 nitrogen and oxygen atoms in total. The van der Waals surface area contributed by atoms with Crippen LogP contribution in [-0.4, -0.2) is 24.8 Å². The van der Waals surface area contributed by atoms with Crippen LogP contribution in [0.15, 0.2) is 48.5 Å². The number of carboxylic acid groups (broad SMARTS) is 1. The Morgan fingerprint density at radius 2 is 2.00 bits per heavy atom. The number of aliphatic carboxylic acids is 1. The van der Waals surface area contributed by atoms with E-state index < -0.39 is 17.7 Å². The molecule has 1 atom stereocenters. The fourth-order valence-electron chi connectivity index (χ4n) is 1.90. The number of benzene rings is 2. The third kappa shape index (κ3) is 3.72. The molecule has 110 valence electrons. The summed E-state index contributed by atoms with van der Waals surface area (Å²) in [5.74, 6) is -1.87. The third-order valence-electron chi connectivity index (χ3n) is 3.04. The zero-order valence-corrected chi connectivity index (χ0v) is 11.5. The van der Waals surface area contributed by atoms with Gasteiger partial charge in [-0.25, -0.2) is 4.39 Å². The van der Waals surface area contributed by atoms with E-state index in [1.165, 1.54) is 19.2 Å². The van der Waals surface area contributed by atoms with Crippen molar-refractivity contribution in [1.29, 1.82) is 0 Å². The first-order chi connectivity index (χ1) is 10.1. The van der Waals surface area contributed by atoms with E-state index in [0.29, 0.717) is 11.3 Å². The number of rotatable bonds is 6. The monoisotopic (exact) mass is 290 g/mol. The van der Waals surface area contributed by atoms with Gasteiger partial charge in [0.1, 0.15) is 18.3 Å². The predicted molar refractivity (Wildman–Crippen MR) is 75.3 cm³/mol. The molecule has 1 N–H and O–H groups in total. The van der Waals surface area contributed by atoms with E-state index in [4.69, 9.17) is 9.47 Å². The van der Waals surface area contributed by atoms with E-state index in [1.807, 2.05) is 0 Å². The summed E-state index contributed by atoms with van der Waals surface area (Å²) in [5, 5.41) is 9.32. The Balaban J connectivity index is 2.16. The molecular weight excluding hydrogens is 275 g/mol. The van der Waals surface area contributed by atoms with Gasteiger partial charge in [0.05, 0.1) is 7.11 Å². The topological polar surface area (TPSA) is 55.8 Å².